The number of Topliss-reactive ketones (excluding diaryl/α,β-unsaturated/α-hetero) is 1. The zero-order chi connectivity index (χ0) is 27.3. The van der Waals surface area contributed by atoms with Gasteiger partial charge in [0.2, 0.25) is 11.5 Å². The third-order valence-electron chi connectivity index (χ3n) is 5.71. The molecule has 0 aliphatic rings. The quantitative estimate of drug-likeness (QED) is 0.224. The van der Waals surface area contributed by atoms with Gasteiger partial charge < -0.3 is 14.8 Å². The van der Waals surface area contributed by atoms with Gasteiger partial charge in [-0.05, 0) is 49.7 Å². The maximum absolute atomic E-state index is 13.4. The van der Waals surface area contributed by atoms with E-state index in [-0.39, 0.29) is 22.9 Å². The fourth-order valence-electron chi connectivity index (χ4n) is 3.65. The highest BCUT2D eigenvalue weighted by molar-refractivity contribution is 9.10. The van der Waals surface area contributed by atoms with Crippen molar-refractivity contribution in [2.45, 2.75) is 40.2 Å². The van der Waals surface area contributed by atoms with Crippen molar-refractivity contribution in [1.29, 1.82) is 0 Å². The lowest BCUT2D eigenvalue weighted by molar-refractivity contribution is -0.130. The molecule has 0 atom stereocenters. The fourth-order valence-corrected chi connectivity index (χ4v) is 4.54. The second-order valence-corrected chi connectivity index (χ2v) is 12.0. The van der Waals surface area contributed by atoms with E-state index in [4.69, 9.17) is 32.6 Å². The smallest absolute Gasteiger partial charge is 0.255 e. The van der Waals surface area contributed by atoms with Gasteiger partial charge in [0.25, 0.3) is 5.91 Å². The Labute approximate surface area is 233 Å². The van der Waals surface area contributed by atoms with Crippen LogP contribution in [-0.4, -0.2) is 27.4 Å². The molecule has 0 aliphatic carbocycles. The van der Waals surface area contributed by atoms with E-state index in [1.165, 1.54) is 13.8 Å². The number of nitrogens with zero attached hydrogens (tertiary/aromatic N) is 1. The summed E-state index contributed by atoms with van der Waals surface area (Å²) in [5.74, 6) is -1.06. The van der Waals surface area contributed by atoms with Crippen molar-refractivity contribution in [1.82, 2.24) is 4.98 Å². The zero-order valence-corrected chi connectivity index (χ0v) is 24.0. The van der Waals surface area contributed by atoms with E-state index in [9.17, 15) is 14.7 Å². The second kappa shape index (κ2) is 9.87. The Kier molecular flexibility index (Phi) is 7.29. The zero-order valence-electron chi connectivity index (χ0n) is 20.9. The monoisotopic (exact) mass is 602 g/mol. The Hall–Kier alpha value is -2.71. The maximum Gasteiger partial charge on any atom is 0.255 e. The molecule has 0 saturated heterocycles. The number of anilines is 1. The number of fused-ring (bicyclic) bond motifs is 1. The molecule has 9 heteroatoms. The van der Waals surface area contributed by atoms with Gasteiger partial charge in [0.15, 0.2) is 5.76 Å². The van der Waals surface area contributed by atoms with Gasteiger partial charge in [0.05, 0.1) is 16.1 Å². The molecule has 4 aromatic rings. The van der Waals surface area contributed by atoms with Crippen LogP contribution in [0.2, 0.25) is 10.0 Å². The molecule has 2 aromatic carbocycles. The predicted octanol–water partition coefficient (Wildman–Crippen LogP) is 8.17. The molecule has 0 spiro atoms. The molecule has 2 aromatic heterocycles. The number of hydrogen-bond acceptors (Lipinski definition) is 5. The van der Waals surface area contributed by atoms with Gasteiger partial charge in [-0.15, -0.1) is 0 Å². The number of halogens is 3. The number of ketones is 1. The van der Waals surface area contributed by atoms with Crippen molar-refractivity contribution in [2.75, 3.05) is 5.32 Å². The summed E-state index contributed by atoms with van der Waals surface area (Å²) in [6.07, 6.45) is 0. The summed E-state index contributed by atoms with van der Waals surface area (Å²) in [6, 6.07) is 14.5. The van der Waals surface area contributed by atoms with Crippen molar-refractivity contribution < 1.29 is 19.1 Å². The van der Waals surface area contributed by atoms with E-state index in [1.54, 1.807) is 45.0 Å². The Balaban J connectivity index is 2.07. The molecular formula is C28H25BrCl2N2O4. The highest BCUT2D eigenvalue weighted by Crippen LogP contribution is 2.42. The number of hydrogen-bond donors (Lipinski definition) is 2. The van der Waals surface area contributed by atoms with Crippen LogP contribution in [0.1, 0.15) is 45.2 Å². The van der Waals surface area contributed by atoms with E-state index in [1.807, 2.05) is 24.3 Å². The van der Waals surface area contributed by atoms with E-state index in [0.717, 1.165) is 10.0 Å². The lowest BCUT2D eigenvalue weighted by atomic mass is 9.88. The minimum absolute atomic E-state index is 0.0475. The number of aromatic nitrogens is 1. The van der Waals surface area contributed by atoms with Crippen LogP contribution >= 0.6 is 39.1 Å². The van der Waals surface area contributed by atoms with E-state index in [2.05, 4.69) is 21.2 Å². The predicted molar refractivity (Wildman–Crippen MR) is 151 cm³/mol. The molecule has 0 radical (unpaired) electrons. The summed E-state index contributed by atoms with van der Waals surface area (Å²) in [5, 5.41) is 14.4. The Morgan fingerprint density at radius 2 is 1.62 bits per heavy atom. The normalized spacial score (nSPS) is 12.1. The number of amides is 1. The van der Waals surface area contributed by atoms with Crippen LogP contribution in [0.15, 0.2) is 57.4 Å². The number of aliphatic hydroxyl groups is 1. The maximum atomic E-state index is 13.4. The number of carbonyl (C=O) groups is 2. The van der Waals surface area contributed by atoms with Gasteiger partial charge in [0.1, 0.15) is 11.3 Å². The van der Waals surface area contributed by atoms with Crippen molar-refractivity contribution in [2.24, 2.45) is 5.41 Å². The minimum Gasteiger partial charge on any atom is -0.432 e. The van der Waals surface area contributed by atoms with Crippen molar-refractivity contribution in [3.8, 4) is 22.4 Å². The standard InChI is InChI=1S/C28H25BrCl2N2O4/c1-27(2,3)24(34)23-22(33-26(35)28(4,5)36)19-13-18(14-6-9-16(30)10-7-14)21(32-25(19)37-23)17-11-8-15(29)12-20(17)31/h6-13,36H,1-5H3,(H,33,35). The minimum atomic E-state index is -1.69. The molecule has 2 N–H and O–H groups in total. The third-order valence-corrected chi connectivity index (χ3v) is 6.76. The van der Waals surface area contributed by atoms with E-state index >= 15 is 0 Å². The molecule has 4 rings (SSSR count). The third kappa shape index (κ3) is 5.60. The molecule has 0 bridgehead atoms. The largest absolute Gasteiger partial charge is 0.432 e. The Morgan fingerprint density at radius 3 is 2.19 bits per heavy atom. The van der Waals surface area contributed by atoms with Gasteiger partial charge in [-0.25, -0.2) is 4.98 Å². The first-order chi connectivity index (χ1) is 17.2. The highest BCUT2D eigenvalue weighted by atomic mass is 79.9. The topological polar surface area (TPSA) is 92.4 Å². The number of rotatable bonds is 5. The lowest BCUT2D eigenvalue weighted by Gasteiger charge is -2.19. The first kappa shape index (κ1) is 27.3. The molecule has 0 fully saturated rings. The van der Waals surface area contributed by atoms with Crippen LogP contribution in [0.25, 0.3) is 33.5 Å². The number of pyridine rings is 1. The molecule has 0 unspecified atom stereocenters. The first-order valence-electron chi connectivity index (χ1n) is 11.4. The number of furan rings is 1. The summed E-state index contributed by atoms with van der Waals surface area (Å²) in [4.78, 5) is 30.9. The Morgan fingerprint density at radius 1 is 0.973 bits per heavy atom. The van der Waals surface area contributed by atoms with Gasteiger partial charge in [-0.2, -0.15) is 0 Å². The summed E-state index contributed by atoms with van der Waals surface area (Å²) in [5.41, 5.74) is 0.445. The molecular weight excluding hydrogens is 579 g/mol. The van der Waals surface area contributed by atoms with Gasteiger partial charge in [-0.3, -0.25) is 9.59 Å². The van der Waals surface area contributed by atoms with Crippen LogP contribution in [0.4, 0.5) is 5.69 Å². The van der Waals surface area contributed by atoms with Gasteiger partial charge >= 0.3 is 0 Å². The average molecular weight is 604 g/mol. The van der Waals surface area contributed by atoms with Crippen LogP contribution in [-0.2, 0) is 4.79 Å². The van der Waals surface area contributed by atoms with Crippen LogP contribution in [0.3, 0.4) is 0 Å². The Bertz CT molecular complexity index is 1530. The number of nitrogens with one attached hydrogen (secondary N) is 1. The molecule has 37 heavy (non-hydrogen) atoms. The second-order valence-electron chi connectivity index (χ2n) is 10.3. The highest BCUT2D eigenvalue weighted by Gasteiger charge is 2.34. The van der Waals surface area contributed by atoms with Gasteiger partial charge in [-0.1, -0.05) is 78.1 Å². The summed E-state index contributed by atoms with van der Waals surface area (Å²) < 4.78 is 6.81. The van der Waals surface area contributed by atoms with Crippen molar-refractivity contribution >= 4 is 67.6 Å². The van der Waals surface area contributed by atoms with Crippen molar-refractivity contribution in [3.05, 3.63) is 68.8 Å². The van der Waals surface area contributed by atoms with Crippen LogP contribution in [0.5, 0.6) is 0 Å². The number of benzene rings is 2. The molecule has 1 amide bonds. The van der Waals surface area contributed by atoms with E-state index < -0.39 is 16.9 Å². The summed E-state index contributed by atoms with van der Waals surface area (Å²) in [7, 11) is 0. The summed E-state index contributed by atoms with van der Waals surface area (Å²) >= 11 is 16.2. The fraction of sp³-hybridized carbons (Fsp3) is 0.250. The molecule has 0 saturated carbocycles. The SMILES string of the molecule is CC(C)(C)C(=O)c1oc2nc(-c3ccc(Br)cc3Cl)c(-c3ccc(Cl)cc3)cc2c1NC(=O)C(C)(C)O. The average Bonchev–Trinajstić information content (AvgIpc) is 3.14. The first-order valence-corrected chi connectivity index (χ1v) is 13.0. The van der Waals surface area contributed by atoms with Crippen LogP contribution in [0, 0.1) is 5.41 Å². The van der Waals surface area contributed by atoms with Gasteiger partial charge in [0, 0.05) is 26.0 Å². The van der Waals surface area contributed by atoms with Crippen molar-refractivity contribution in [3.63, 3.8) is 0 Å². The molecule has 0 aliphatic heterocycles. The lowest BCUT2D eigenvalue weighted by Crippen LogP contribution is -2.37. The van der Waals surface area contributed by atoms with Crippen LogP contribution < -0.4 is 5.32 Å². The molecule has 192 valence electrons. The number of carbonyl (C=O) groups excluding carboxylic acids is 2. The molecule has 6 nitrogen and oxygen atoms in total. The summed E-state index contributed by atoms with van der Waals surface area (Å²) in [6.45, 7) is 7.98. The van der Waals surface area contributed by atoms with E-state index in [0.29, 0.717) is 32.3 Å². The molecule has 2 heterocycles.